The maximum absolute atomic E-state index is 12.2. The van der Waals surface area contributed by atoms with Crippen molar-refractivity contribution in [1.29, 1.82) is 0 Å². The van der Waals surface area contributed by atoms with E-state index in [1.807, 2.05) is 30.3 Å². The maximum Gasteiger partial charge on any atom is 0.321 e. The van der Waals surface area contributed by atoms with Crippen molar-refractivity contribution in [3.63, 3.8) is 0 Å². The molecule has 0 spiro atoms. The average Bonchev–Trinajstić information content (AvgIpc) is 2.64. The van der Waals surface area contributed by atoms with Gasteiger partial charge in [-0.05, 0) is 36.4 Å². The van der Waals surface area contributed by atoms with Crippen LogP contribution < -0.4 is 14.8 Å². The third kappa shape index (κ3) is 4.16. The number of aromatic nitrogens is 1. The summed E-state index contributed by atoms with van der Waals surface area (Å²) in [6, 6.07) is 11.1. The van der Waals surface area contributed by atoms with Crippen LogP contribution >= 0.6 is 0 Å². The number of nitrogens with zero attached hydrogens (tertiary/aromatic N) is 2. The van der Waals surface area contributed by atoms with Crippen LogP contribution in [0.5, 0.6) is 11.5 Å². The van der Waals surface area contributed by atoms with E-state index < -0.39 is 0 Å². The largest absolute Gasteiger partial charge is 0.497 e. The lowest BCUT2D eigenvalue weighted by molar-refractivity contribution is 0.115. The van der Waals surface area contributed by atoms with Crippen LogP contribution in [-0.2, 0) is 0 Å². The lowest BCUT2D eigenvalue weighted by Gasteiger charge is -2.32. The number of pyridine rings is 1. The van der Waals surface area contributed by atoms with E-state index in [0.29, 0.717) is 18.8 Å². The molecule has 1 aromatic carbocycles. The molecule has 1 saturated heterocycles. The van der Waals surface area contributed by atoms with E-state index in [0.717, 1.165) is 24.3 Å². The molecule has 0 unspecified atom stereocenters. The van der Waals surface area contributed by atoms with Gasteiger partial charge in [-0.2, -0.15) is 0 Å². The number of rotatable bonds is 4. The van der Waals surface area contributed by atoms with E-state index in [-0.39, 0.29) is 12.1 Å². The molecule has 3 rings (SSSR count). The number of nitrogens with one attached hydrogen (secondary N) is 1. The number of anilines is 1. The van der Waals surface area contributed by atoms with Crippen molar-refractivity contribution in [3.8, 4) is 11.5 Å². The highest BCUT2D eigenvalue weighted by Gasteiger charge is 2.24. The number of carbonyl (C=O) groups excluding carboxylic acids is 1. The standard InChI is InChI=1S/C18H21N3O3/c1-23-15-4-6-16(7-5-15)24-17-8-11-21(12-9-17)18(22)20-14-3-2-10-19-13-14/h2-7,10,13,17H,8-9,11-12H2,1H3,(H,20,22). The molecule has 0 atom stereocenters. The summed E-state index contributed by atoms with van der Waals surface area (Å²) in [6.07, 6.45) is 5.06. The summed E-state index contributed by atoms with van der Waals surface area (Å²) in [4.78, 5) is 18.0. The van der Waals surface area contributed by atoms with E-state index in [9.17, 15) is 4.79 Å². The second-order valence-electron chi connectivity index (χ2n) is 5.65. The fraction of sp³-hybridized carbons (Fsp3) is 0.333. The fourth-order valence-corrected chi connectivity index (χ4v) is 2.66. The normalized spacial score (nSPS) is 15.0. The van der Waals surface area contributed by atoms with Crippen LogP contribution in [0, 0.1) is 0 Å². The van der Waals surface area contributed by atoms with Crippen molar-refractivity contribution >= 4 is 11.7 Å². The van der Waals surface area contributed by atoms with Crippen molar-refractivity contribution < 1.29 is 14.3 Å². The van der Waals surface area contributed by atoms with Gasteiger partial charge < -0.3 is 19.7 Å². The monoisotopic (exact) mass is 327 g/mol. The Bertz CT molecular complexity index is 653. The second-order valence-corrected chi connectivity index (χ2v) is 5.65. The number of amides is 2. The van der Waals surface area contributed by atoms with Gasteiger partial charge in [0.15, 0.2) is 0 Å². The maximum atomic E-state index is 12.2. The summed E-state index contributed by atoms with van der Waals surface area (Å²) in [5.41, 5.74) is 0.708. The number of benzene rings is 1. The van der Waals surface area contributed by atoms with Gasteiger partial charge in [0.25, 0.3) is 0 Å². The van der Waals surface area contributed by atoms with E-state index in [1.165, 1.54) is 0 Å². The predicted octanol–water partition coefficient (Wildman–Crippen LogP) is 3.17. The van der Waals surface area contributed by atoms with Gasteiger partial charge in [-0.3, -0.25) is 4.98 Å². The van der Waals surface area contributed by atoms with Crippen molar-refractivity contribution in [2.24, 2.45) is 0 Å². The lowest BCUT2D eigenvalue weighted by atomic mass is 10.1. The number of likely N-dealkylation sites (tertiary alicyclic amines) is 1. The highest BCUT2D eigenvalue weighted by Crippen LogP contribution is 2.22. The minimum atomic E-state index is -0.0918. The molecule has 1 aromatic heterocycles. The molecular weight excluding hydrogens is 306 g/mol. The molecule has 2 aromatic rings. The highest BCUT2D eigenvalue weighted by molar-refractivity contribution is 5.89. The van der Waals surface area contributed by atoms with Gasteiger partial charge in [0.1, 0.15) is 17.6 Å². The summed E-state index contributed by atoms with van der Waals surface area (Å²) >= 11 is 0. The molecule has 1 fully saturated rings. The van der Waals surface area contributed by atoms with Gasteiger partial charge in [0.2, 0.25) is 0 Å². The van der Waals surface area contributed by atoms with E-state index in [2.05, 4.69) is 10.3 Å². The van der Waals surface area contributed by atoms with Gasteiger partial charge in [-0.25, -0.2) is 4.79 Å². The van der Waals surface area contributed by atoms with Crippen molar-refractivity contribution in [2.45, 2.75) is 18.9 Å². The van der Waals surface area contributed by atoms with Gasteiger partial charge in [-0.1, -0.05) is 0 Å². The smallest absolute Gasteiger partial charge is 0.321 e. The van der Waals surface area contributed by atoms with Gasteiger partial charge >= 0.3 is 6.03 Å². The van der Waals surface area contributed by atoms with Crippen LogP contribution in [-0.4, -0.2) is 42.2 Å². The minimum Gasteiger partial charge on any atom is -0.497 e. The summed E-state index contributed by atoms with van der Waals surface area (Å²) < 4.78 is 11.1. The van der Waals surface area contributed by atoms with Gasteiger partial charge in [0, 0.05) is 32.1 Å². The zero-order valence-electron chi connectivity index (χ0n) is 13.6. The van der Waals surface area contributed by atoms with Gasteiger partial charge in [-0.15, -0.1) is 0 Å². The first kappa shape index (κ1) is 16.1. The molecule has 126 valence electrons. The number of ether oxygens (including phenoxy) is 2. The first-order chi connectivity index (χ1) is 11.7. The number of methoxy groups -OCH3 is 1. The number of hydrogen-bond donors (Lipinski definition) is 1. The van der Waals surface area contributed by atoms with E-state index in [1.54, 1.807) is 30.5 Å². The van der Waals surface area contributed by atoms with Crippen LogP contribution in [0.4, 0.5) is 10.5 Å². The average molecular weight is 327 g/mol. The second kappa shape index (κ2) is 7.68. The number of hydrogen-bond acceptors (Lipinski definition) is 4. The van der Waals surface area contributed by atoms with Crippen LogP contribution in [0.1, 0.15) is 12.8 Å². The Hall–Kier alpha value is -2.76. The molecule has 0 aliphatic carbocycles. The molecule has 1 aliphatic rings. The van der Waals surface area contributed by atoms with Crippen molar-refractivity contribution in [1.82, 2.24) is 9.88 Å². The van der Waals surface area contributed by atoms with Crippen LogP contribution in [0.15, 0.2) is 48.8 Å². The molecule has 0 saturated carbocycles. The molecular formula is C18H21N3O3. The Morgan fingerprint density at radius 1 is 1.17 bits per heavy atom. The summed E-state index contributed by atoms with van der Waals surface area (Å²) in [7, 11) is 1.64. The SMILES string of the molecule is COc1ccc(OC2CCN(C(=O)Nc3cccnc3)CC2)cc1. The van der Waals surface area contributed by atoms with Crippen molar-refractivity contribution in [3.05, 3.63) is 48.8 Å². The molecule has 2 heterocycles. The lowest BCUT2D eigenvalue weighted by Crippen LogP contribution is -2.43. The molecule has 0 radical (unpaired) electrons. The van der Waals surface area contributed by atoms with Gasteiger partial charge in [0.05, 0.1) is 19.0 Å². The Labute approximate surface area is 141 Å². The van der Waals surface area contributed by atoms with Crippen LogP contribution in [0.2, 0.25) is 0 Å². The number of piperidine rings is 1. The number of urea groups is 1. The molecule has 1 N–H and O–H groups in total. The van der Waals surface area contributed by atoms with E-state index in [4.69, 9.17) is 9.47 Å². The third-order valence-electron chi connectivity index (χ3n) is 4.00. The molecule has 1 aliphatic heterocycles. The van der Waals surface area contributed by atoms with Crippen LogP contribution in [0.3, 0.4) is 0 Å². The Morgan fingerprint density at radius 2 is 1.88 bits per heavy atom. The zero-order chi connectivity index (χ0) is 16.8. The first-order valence-corrected chi connectivity index (χ1v) is 8.01. The molecule has 24 heavy (non-hydrogen) atoms. The Kier molecular flexibility index (Phi) is 5.15. The number of carbonyl (C=O) groups is 1. The zero-order valence-corrected chi connectivity index (χ0v) is 13.6. The molecule has 6 nitrogen and oxygen atoms in total. The highest BCUT2D eigenvalue weighted by atomic mass is 16.5. The summed E-state index contributed by atoms with van der Waals surface area (Å²) in [6.45, 7) is 1.35. The summed E-state index contributed by atoms with van der Waals surface area (Å²) in [5, 5.41) is 2.86. The molecule has 0 bridgehead atoms. The Balaban J connectivity index is 1.47. The molecule has 2 amide bonds. The van der Waals surface area contributed by atoms with Crippen LogP contribution in [0.25, 0.3) is 0 Å². The summed E-state index contributed by atoms with van der Waals surface area (Å²) in [5.74, 6) is 1.64. The first-order valence-electron chi connectivity index (χ1n) is 8.01. The fourth-order valence-electron chi connectivity index (χ4n) is 2.66. The third-order valence-corrected chi connectivity index (χ3v) is 4.00. The molecule has 6 heteroatoms. The quantitative estimate of drug-likeness (QED) is 0.937. The minimum absolute atomic E-state index is 0.0918. The van der Waals surface area contributed by atoms with E-state index >= 15 is 0 Å². The Morgan fingerprint density at radius 3 is 2.50 bits per heavy atom. The van der Waals surface area contributed by atoms with Crippen molar-refractivity contribution in [2.75, 3.05) is 25.5 Å². The predicted molar refractivity (Wildman–Crippen MR) is 91.5 cm³/mol. The topological polar surface area (TPSA) is 63.7 Å².